The Hall–Kier alpha value is -2.19. The van der Waals surface area contributed by atoms with E-state index in [9.17, 15) is 4.79 Å². The molecule has 1 rings (SSSR count). The Morgan fingerprint density at radius 3 is 2.50 bits per heavy atom. The average molecular weight is 277 g/mol. The van der Waals surface area contributed by atoms with E-state index in [1.807, 2.05) is 29.2 Å². The highest BCUT2D eigenvalue weighted by Gasteiger charge is 2.06. The van der Waals surface area contributed by atoms with Crippen molar-refractivity contribution in [1.82, 2.24) is 4.90 Å². The second kappa shape index (κ2) is 8.83. The minimum Gasteiger partial charge on any atom is -0.497 e. The van der Waals surface area contributed by atoms with Crippen LogP contribution >= 0.6 is 0 Å². The van der Waals surface area contributed by atoms with E-state index in [1.54, 1.807) is 7.11 Å². The molecule has 1 N–H and O–H groups in total. The molecule has 0 amide bonds. The molecule has 20 heavy (non-hydrogen) atoms. The van der Waals surface area contributed by atoms with E-state index in [0.29, 0.717) is 26.2 Å². The number of methoxy groups -OCH3 is 1. The molecule has 0 heterocycles. The summed E-state index contributed by atoms with van der Waals surface area (Å²) in [6.07, 6.45) is 5.33. The average Bonchev–Trinajstić information content (AvgIpc) is 2.45. The zero-order valence-corrected chi connectivity index (χ0v) is 11.5. The molecule has 0 bridgehead atoms. The summed E-state index contributed by atoms with van der Waals surface area (Å²) in [6, 6.07) is 7.28. The number of ether oxygens (including phenoxy) is 2. The van der Waals surface area contributed by atoms with Crippen molar-refractivity contribution in [1.29, 1.82) is 0 Å². The van der Waals surface area contributed by atoms with Gasteiger partial charge in [-0.2, -0.15) is 0 Å². The Morgan fingerprint density at radius 1 is 1.30 bits per heavy atom. The van der Waals surface area contributed by atoms with Gasteiger partial charge in [-0.15, -0.1) is 6.42 Å². The predicted molar refractivity (Wildman–Crippen MR) is 76.0 cm³/mol. The lowest BCUT2D eigenvalue weighted by Crippen LogP contribution is -2.31. The fraction of sp³-hybridized carbons (Fsp3) is 0.400. The summed E-state index contributed by atoms with van der Waals surface area (Å²) in [4.78, 5) is 12.4. The van der Waals surface area contributed by atoms with Crippen molar-refractivity contribution in [2.75, 3.05) is 33.4 Å². The molecule has 1 aromatic rings. The standard InChI is InChI=1S/C15H19NO4/c1-3-9-16(10-8-15(17)18)11-12-20-14-6-4-13(19-2)5-7-14/h1,4-7H,8-12H2,2H3,(H,17,18). The largest absolute Gasteiger partial charge is 0.497 e. The smallest absolute Gasteiger partial charge is 0.304 e. The number of terminal acetylenes is 1. The number of aliphatic carboxylic acids is 1. The topological polar surface area (TPSA) is 59.0 Å². The van der Waals surface area contributed by atoms with Gasteiger partial charge >= 0.3 is 5.97 Å². The van der Waals surface area contributed by atoms with Gasteiger partial charge in [-0.3, -0.25) is 9.69 Å². The van der Waals surface area contributed by atoms with Crippen molar-refractivity contribution in [3.63, 3.8) is 0 Å². The van der Waals surface area contributed by atoms with Gasteiger partial charge in [-0.25, -0.2) is 0 Å². The second-order valence-electron chi connectivity index (χ2n) is 4.15. The highest BCUT2D eigenvalue weighted by atomic mass is 16.5. The third kappa shape index (κ3) is 6.12. The molecular formula is C15H19NO4. The maximum Gasteiger partial charge on any atom is 0.304 e. The zero-order chi connectivity index (χ0) is 14.8. The Bertz CT molecular complexity index is 450. The molecule has 0 radical (unpaired) electrons. The van der Waals surface area contributed by atoms with Crippen LogP contribution in [-0.2, 0) is 4.79 Å². The highest BCUT2D eigenvalue weighted by molar-refractivity contribution is 5.66. The van der Waals surface area contributed by atoms with Crippen LogP contribution in [0.1, 0.15) is 6.42 Å². The lowest BCUT2D eigenvalue weighted by molar-refractivity contribution is -0.137. The molecule has 0 aromatic heterocycles. The van der Waals surface area contributed by atoms with Crippen LogP contribution in [0.5, 0.6) is 11.5 Å². The summed E-state index contributed by atoms with van der Waals surface area (Å²) in [6.45, 7) is 1.88. The quantitative estimate of drug-likeness (QED) is 0.693. The molecule has 0 spiro atoms. The molecule has 108 valence electrons. The number of carboxylic acid groups (broad SMARTS) is 1. The van der Waals surface area contributed by atoms with E-state index in [1.165, 1.54) is 0 Å². The summed E-state index contributed by atoms with van der Waals surface area (Å²) < 4.78 is 10.6. The third-order valence-electron chi connectivity index (χ3n) is 2.69. The monoisotopic (exact) mass is 277 g/mol. The first-order valence-corrected chi connectivity index (χ1v) is 6.30. The van der Waals surface area contributed by atoms with Gasteiger partial charge in [0, 0.05) is 13.1 Å². The lowest BCUT2D eigenvalue weighted by atomic mass is 10.3. The normalized spacial score (nSPS) is 10.1. The molecule has 5 nitrogen and oxygen atoms in total. The van der Waals surface area contributed by atoms with Crippen molar-refractivity contribution >= 4 is 5.97 Å². The van der Waals surface area contributed by atoms with Crippen molar-refractivity contribution in [2.24, 2.45) is 0 Å². The predicted octanol–water partition coefficient (Wildman–Crippen LogP) is 1.48. The van der Waals surface area contributed by atoms with Crippen LogP contribution in [0.25, 0.3) is 0 Å². The first kappa shape index (κ1) is 15.9. The highest BCUT2D eigenvalue weighted by Crippen LogP contribution is 2.16. The van der Waals surface area contributed by atoms with Crippen molar-refractivity contribution in [2.45, 2.75) is 6.42 Å². The van der Waals surface area contributed by atoms with Gasteiger partial charge in [-0.05, 0) is 24.3 Å². The maximum atomic E-state index is 10.5. The number of benzene rings is 1. The molecule has 0 fully saturated rings. The van der Waals surface area contributed by atoms with Gasteiger partial charge in [0.2, 0.25) is 0 Å². The molecule has 0 aliphatic rings. The fourth-order valence-corrected chi connectivity index (χ4v) is 1.62. The Kier molecular flexibility index (Phi) is 7.01. The van der Waals surface area contributed by atoms with E-state index < -0.39 is 5.97 Å². The molecule has 0 aliphatic heterocycles. The third-order valence-corrected chi connectivity index (χ3v) is 2.69. The Morgan fingerprint density at radius 2 is 1.95 bits per heavy atom. The van der Waals surface area contributed by atoms with Gasteiger partial charge in [0.15, 0.2) is 0 Å². The zero-order valence-electron chi connectivity index (χ0n) is 11.5. The molecule has 0 aliphatic carbocycles. The van der Waals surface area contributed by atoms with Gasteiger partial charge < -0.3 is 14.6 Å². The number of rotatable bonds is 9. The van der Waals surface area contributed by atoms with Crippen LogP contribution in [0.4, 0.5) is 0 Å². The minimum atomic E-state index is -0.830. The van der Waals surface area contributed by atoms with Gasteiger partial charge in [-0.1, -0.05) is 5.92 Å². The van der Waals surface area contributed by atoms with Crippen molar-refractivity contribution in [3.8, 4) is 23.8 Å². The second-order valence-corrected chi connectivity index (χ2v) is 4.15. The number of hydrogen-bond acceptors (Lipinski definition) is 4. The summed E-state index contributed by atoms with van der Waals surface area (Å²) in [5.41, 5.74) is 0. The number of carboxylic acids is 1. The van der Waals surface area contributed by atoms with Gasteiger partial charge in [0.1, 0.15) is 18.1 Å². The van der Waals surface area contributed by atoms with E-state index in [-0.39, 0.29) is 6.42 Å². The summed E-state index contributed by atoms with van der Waals surface area (Å²) in [5, 5.41) is 8.66. The van der Waals surface area contributed by atoms with Crippen LogP contribution in [0.15, 0.2) is 24.3 Å². The van der Waals surface area contributed by atoms with E-state index >= 15 is 0 Å². The number of hydrogen-bond donors (Lipinski definition) is 1. The van der Waals surface area contributed by atoms with Crippen molar-refractivity contribution in [3.05, 3.63) is 24.3 Å². The van der Waals surface area contributed by atoms with E-state index in [4.69, 9.17) is 21.0 Å². The number of carbonyl (C=O) groups is 1. The molecule has 0 unspecified atom stereocenters. The van der Waals surface area contributed by atoms with E-state index in [2.05, 4.69) is 5.92 Å². The SMILES string of the molecule is C#CCN(CCOc1ccc(OC)cc1)CCC(=O)O. The molecular weight excluding hydrogens is 258 g/mol. The summed E-state index contributed by atoms with van der Waals surface area (Å²) in [7, 11) is 1.61. The minimum absolute atomic E-state index is 0.0736. The molecule has 5 heteroatoms. The van der Waals surface area contributed by atoms with Crippen molar-refractivity contribution < 1.29 is 19.4 Å². The Balaban J connectivity index is 2.35. The molecule has 0 atom stereocenters. The molecule has 1 aromatic carbocycles. The van der Waals surface area contributed by atoms with Gasteiger partial charge in [0.05, 0.1) is 20.1 Å². The fourth-order valence-electron chi connectivity index (χ4n) is 1.62. The van der Waals surface area contributed by atoms with E-state index in [0.717, 1.165) is 11.5 Å². The first-order chi connectivity index (χ1) is 9.65. The van der Waals surface area contributed by atoms with Crippen LogP contribution in [-0.4, -0.2) is 49.3 Å². The van der Waals surface area contributed by atoms with Crippen LogP contribution < -0.4 is 9.47 Å². The maximum absolute atomic E-state index is 10.5. The van der Waals surface area contributed by atoms with Crippen LogP contribution in [0, 0.1) is 12.3 Å². The molecule has 0 saturated heterocycles. The number of nitrogens with zero attached hydrogens (tertiary/aromatic N) is 1. The van der Waals surface area contributed by atoms with Gasteiger partial charge in [0.25, 0.3) is 0 Å². The van der Waals surface area contributed by atoms with Crippen LogP contribution in [0.3, 0.4) is 0 Å². The summed E-state index contributed by atoms with van der Waals surface area (Å²) >= 11 is 0. The summed E-state index contributed by atoms with van der Waals surface area (Å²) in [5.74, 6) is 3.20. The Labute approximate surface area is 119 Å². The van der Waals surface area contributed by atoms with Crippen LogP contribution in [0.2, 0.25) is 0 Å². The molecule has 0 saturated carbocycles. The first-order valence-electron chi connectivity index (χ1n) is 6.30. The lowest BCUT2D eigenvalue weighted by Gasteiger charge is -2.18.